The molecule has 74 valence electrons. The van der Waals surface area contributed by atoms with Crippen molar-refractivity contribution in [3.8, 4) is 5.75 Å². The second kappa shape index (κ2) is 2.88. The van der Waals surface area contributed by atoms with Crippen LogP contribution in [0.25, 0.3) is 5.57 Å². The zero-order valence-electron chi connectivity index (χ0n) is 9.05. The topological polar surface area (TPSA) is 9.23 Å². The van der Waals surface area contributed by atoms with Gasteiger partial charge in [0.25, 0.3) is 0 Å². The van der Waals surface area contributed by atoms with Gasteiger partial charge >= 0.3 is 0 Å². The molecule has 0 saturated heterocycles. The molecule has 1 aromatic rings. The Bertz CT molecular complexity index is 388. The van der Waals surface area contributed by atoms with Crippen molar-refractivity contribution in [2.45, 2.75) is 25.7 Å². The van der Waals surface area contributed by atoms with Gasteiger partial charge < -0.3 is 4.74 Å². The van der Waals surface area contributed by atoms with Gasteiger partial charge in [0.15, 0.2) is 0 Å². The molecule has 0 saturated carbocycles. The zero-order valence-corrected chi connectivity index (χ0v) is 9.05. The maximum Gasteiger partial charge on any atom is 0.119 e. The summed E-state index contributed by atoms with van der Waals surface area (Å²) < 4.78 is 5.24. The first-order chi connectivity index (χ1) is 6.54. The first-order valence-electron chi connectivity index (χ1n) is 4.91. The number of hydrogen-bond acceptors (Lipinski definition) is 1. The third kappa shape index (κ3) is 1.24. The van der Waals surface area contributed by atoms with E-state index in [9.17, 15) is 0 Å². The van der Waals surface area contributed by atoms with Crippen LogP contribution < -0.4 is 4.74 Å². The lowest BCUT2D eigenvalue weighted by Gasteiger charge is -2.18. The molecule has 2 rings (SSSR count). The first-order valence-corrected chi connectivity index (χ1v) is 4.91. The van der Waals surface area contributed by atoms with Crippen molar-refractivity contribution in [2.24, 2.45) is 0 Å². The lowest BCUT2D eigenvalue weighted by molar-refractivity contribution is 0.412. The van der Waals surface area contributed by atoms with Crippen molar-refractivity contribution in [1.82, 2.24) is 0 Å². The van der Waals surface area contributed by atoms with E-state index < -0.39 is 0 Å². The van der Waals surface area contributed by atoms with E-state index in [1.807, 2.05) is 6.07 Å². The Labute approximate surface area is 85.4 Å². The van der Waals surface area contributed by atoms with Crippen LogP contribution in [-0.4, -0.2) is 7.11 Å². The van der Waals surface area contributed by atoms with Crippen molar-refractivity contribution in [1.29, 1.82) is 0 Å². The van der Waals surface area contributed by atoms with E-state index in [2.05, 4.69) is 32.6 Å². The molecular weight excluding hydrogens is 172 g/mol. The van der Waals surface area contributed by atoms with Crippen LogP contribution in [0.2, 0.25) is 0 Å². The summed E-state index contributed by atoms with van der Waals surface area (Å²) in [5.41, 5.74) is 4.12. The van der Waals surface area contributed by atoms with E-state index in [1.165, 1.54) is 16.7 Å². The average Bonchev–Trinajstić information content (AvgIpc) is 2.37. The van der Waals surface area contributed by atoms with Crippen LogP contribution in [0.4, 0.5) is 0 Å². The van der Waals surface area contributed by atoms with E-state index in [4.69, 9.17) is 4.74 Å². The van der Waals surface area contributed by atoms with Gasteiger partial charge in [0.1, 0.15) is 5.75 Å². The van der Waals surface area contributed by atoms with Crippen LogP contribution in [-0.2, 0) is 5.41 Å². The highest BCUT2D eigenvalue weighted by Gasteiger charge is 2.32. The molecule has 0 fully saturated rings. The fraction of sp³-hybridized carbons (Fsp3) is 0.385. The largest absolute Gasteiger partial charge is 0.497 e. The van der Waals surface area contributed by atoms with Gasteiger partial charge in [-0.2, -0.15) is 0 Å². The van der Waals surface area contributed by atoms with Crippen LogP contribution in [0.3, 0.4) is 0 Å². The highest BCUT2D eigenvalue weighted by atomic mass is 16.5. The molecule has 0 N–H and O–H groups in total. The van der Waals surface area contributed by atoms with Crippen molar-refractivity contribution >= 4 is 5.57 Å². The highest BCUT2D eigenvalue weighted by molar-refractivity contribution is 5.74. The number of rotatable bonds is 1. The maximum absolute atomic E-state index is 5.24. The van der Waals surface area contributed by atoms with Gasteiger partial charge in [0.2, 0.25) is 0 Å². The van der Waals surface area contributed by atoms with E-state index in [1.54, 1.807) is 7.11 Å². The fourth-order valence-corrected chi connectivity index (χ4v) is 2.24. The van der Waals surface area contributed by atoms with Crippen molar-refractivity contribution < 1.29 is 4.74 Å². The monoisotopic (exact) mass is 188 g/mol. The standard InChI is InChI=1S/C13H16O/c1-9-8-13(2,3)12-7-10(14-4)5-6-11(9)12/h5-7H,1,8H2,2-4H3. The molecule has 1 aliphatic carbocycles. The van der Waals surface area contributed by atoms with Crippen LogP contribution in [0.15, 0.2) is 24.8 Å². The Morgan fingerprint density at radius 3 is 2.71 bits per heavy atom. The Balaban J connectivity index is 2.59. The van der Waals surface area contributed by atoms with Gasteiger partial charge in [-0.15, -0.1) is 0 Å². The molecule has 1 nitrogen and oxygen atoms in total. The van der Waals surface area contributed by atoms with E-state index in [-0.39, 0.29) is 5.41 Å². The summed E-state index contributed by atoms with van der Waals surface area (Å²) in [7, 11) is 1.71. The molecule has 0 aromatic heterocycles. The summed E-state index contributed by atoms with van der Waals surface area (Å²) in [4.78, 5) is 0. The van der Waals surface area contributed by atoms with Crippen molar-refractivity contribution in [2.75, 3.05) is 7.11 Å². The maximum atomic E-state index is 5.24. The molecule has 0 radical (unpaired) electrons. The summed E-state index contributed by atoms with van der Waals surface area (Å²) in [5, 5.41) is 0. The minimum Gasteiger partial charge on any atom is -0.497 e. The SMILES string of the molecule is C=C1CC(C)(C)c2cc(OC)ccc21. The van der Waals surface area contributed by atoms with Crippen LogP contribution >= 0.6 is 0 Å². The highest BCUT2D eigenvalue weighted by Crippen LogP contribution is 2.45. The predicted molar refractivity (Wildman–Crippen MR) is 59.7 cm³/mol. The molecule has 1 heteroatoms. The lowest BCUT2D eigenvalue weighted by Crippen LogP contribution is -2.11. The van der Waals surface area contributed by atoms with Gasteiger partial charge in [-0.1, -0.05) is 26.5 Å². The molecule has 1 aliphatic rings. The molecule has 0 unspecified atom stereocenters. The van der Waals surface area contributed by atoms with Crippen LogP contribution in [0.1, 0.15) is 31.4 Å². The first kappa shape index (κ1) is 9.32. The average molecular weight is 188 g/mol. The second-order valence-electron chi connectivity index (χ2n) is 4.58. The zero-order chi connectivity index (χ0) is 10.3. The summed E-state index contributed by atoms with van der Waals surface area (Å²) in [6.07, 6.45) is 1.05. The van der Waals surface area contributed by atoms with Gasteiger partial charge in [0.05, 0.1) is 7.11 Å². The number of hydrogen-bond donors (Lipinski definition) is 0. The molecule has 0 aliphatic heterocycles. The van der Waals surface area contributed by atoms with Gasteiger partial charge in [0, 0.05) is 0 Å². The molecular formula is C13H16O. The van der Waals surface area contributed by atoms with E-state index in [0.29, 0.717) is 0 Å². The lowest BCUT2D eigenvalue weighted by atomic mass is 9.86. The summed E-state index contributed by atoms with van der Waals surface area (Å²) in [6, 6.07) is 6.25. The van der Waals surface area contributed by atoms with Gasteiger partial charge in [-0.05, 0) is 40.7 Å². The van der Waals surface area contributed by atoms with Crippen LogP contribution in [0.5, 0.6) is 5.75 Å². The minimum atomic E-state index is 0.209. The molecule has 0 amide bonds. The number of ether oxygens (including phenoxy) is 1. The fourth-order valence-electron chi connectivity index (χ4n) is 2.24. The molecule has 14 heavy (non-hydrogen) atoms. The van der Waals surface area contributed by atoms with Gasteiger partial charge in [-0.25, -0.2) is 0 Å². The van der Waals surface area contributed by atoms with Crippen molar-refractivity contribution in [3.05, 3.63) is 35.9 Å². The summed E-state index contributed by atoms with van der Waals surface area (Å²) >= 11 is 0. The number of fused-ring (bicyclic) bond motifs is 1. The normalized spacial score (nSPS) is 18.1. The quantitative estimate of drug-likeness (QED) is 0.656. The third-order valence-corrected chi connectivity index (χ3v) is 2.99. The van der Waals surface area contributed by atoms with E-state index >= 15 is 0 Å². The smallest absolute Gasteiger partial charge is 0.119 e. The molecule has 0 spiro atoms. The molecule has 1 aromatic carbocycles. The van der Waals surface area contributed by atoms with Crippen LogP contribution in [0, 0.1) is 0 Å². The van der Waals surface area contributed by atoms with E-state index in [0.717, 1.165) is 12.2 Å². The Hall–Kier alpha value is -1.24. The predicted octanol–water partition coefficient (Wildman–Crippen LogP) is 3.39. The van der Waals surface area contributed by atoms with Crippen molar-refractivity contribution in [3.63, 3.8) is 0 Å². The summed E-state index contributed by atoms with van der Waals surface area (Å²) in [6.45, 7) is 8.61. The van der Waals surface area contributed by atoms with Gasteiger partial charge in [-0.3, -0.25) is 0 Å². The summed E-state index contributed by atoms with van der Waals surface area (Å²) in [5.74, 6) is 0.937. The minimum absolute atomic E-state index is 0.209. The number of methoxy groups -OCH3 is 1. The second-order valence-corrected chi connectivity index (χ2v) is 4.58. The number of allylic oxidation sites excluding steroid dienone is 1. The molecule has 0 heterocycles. The Morgan fingerprint density at radius 2 is 2.07 bits per heavy atom. The Kier molecular flexibility index (Phi) is 1.91. The third-order valence-electron chi connectivity index (χ3n) is 2.99. The number of benzene rings is 1. The molecule has 0 bridgehead atoms. The molecule has 0 atom stereocenters. The Morgan fingerprint density at radius 1 is 1.36 bits per heavy atom.